The number of amides is 2. The zero-order valence-corrected chi connectivity index (χ0v) is 32.4. The summed E-state index contributed by atoms with van der Waals surface area (Å²) in [6.45, 7) is 10.4. The molecule has 2 aromatic carbocycles. The lowest BCUT2D eigenvalue weighted by molar-refractivity contribution is -0.199. The molecule has 15 heteroatoms. The summed E-state index contributed by atoms with van der Waals surface area (Å²) in [4.78, 5) is 48.8. The van der Waals surface area contributed by atoms with Gasteiger partial charge in [0.15, 0.2) is 0 Å². The van der Waals surface area contributed by atoms with Gasteiger partial charge in [-0.15, -0.1) is 0 Å². The molecule has 2 amide bonds. The number of halogens is 3. The number of rotatable bonds is 11. The lowest BCUT2D eigenvalue weighted by Gasteiger charge is -2.64. The van der Waals surface area contributed by atoms with Crippen LogP contribution in [0.15, 0.2) is 59.5 Å². The van der Waals surface area contributed by atoms with Crippen molar-refractivity contribution in [1.29, 1.82) is 0 Å². The molecule has 8 rings (SSSR count). The summed E-state index contributed by atoms with van der Waals surface area (Å²) in [5.41, 5.74) is -0.817. The molecule has 4 fully saturated rings. The van der Waals surface area contributed by atoms with Gasteiger partial charge in [-0.25, -0.2) is 4.98 Å². The molecule has 3 saturated carbocycles. The molecule has 55 heavy (non-hydrogen) atoms. The van der Waals surface area contributed by atoms with E-state index in [4.69, 9.17) is 9.31 Å². The van der Waals surface area contributed by atoms with Gasteiger partial charge in [-0.2, -0.15) is 13.2 Å². The lowest BCUT2D eigenvalue weighted by Crippen LogP contribution is -2.65. The highest BCUT2D eigenvalue weighted by molar-refractivity contribution is 6.47. The third-order valence-corrected chi connectivity index (χ3v) is 12.8. The van der Waals surface area contributed by atoms with E-state index in [0.29, 0.717) is 29.5 Å². The van der Waals surface area contributed by atoms with Crippen LogP contribution >= 0.6 is 0 Å². The first-order valence-electron chi connectivity index (χ1n) is 19.1. The third-order valence-electron chi connectivity index (χ3n) is 12.8. The number of aromatic nitrogens is 2. The van der Waals surface area contributed by atoms with Crippen LogP contribution in [0.3, 0.4) is 0 Å². The minimum atomic E-state index is -4.52. The second-order valence-electron chi connectivity index (χ2n) is 17.0. The van der Waals surface area contributed by atoms with E-state index in [9.17, 15) is 27.6 Å². The van der Waals surface area contributed by atoms with E-state index in [2.05, 4.69) is 41.7 Å². The predicted octanol–water partition coefficient (Wildman–Crippen LogP) is 6.33. The first-order chi connectivity index (χ1) is 25.8. The first kappa shape index (κ1) is 38.9. The summed E-state index contributed by atoms with van der Waals surface area (Å²) in [7, 11) is 3.17. The van der Waals surface area contributed by atoms with Gasteiger partial charge in [-0.05, 0) is 91.8 Å². The molecule has 1 saturated heterocycles. The molecule has 5 aliphatic rings. The van der Waals surface area contributed by atoms with Gasteiger partial charge in [0.1, 0.15) is 17.6 Å². The van der Waals surface area contributed by atoms with Gasteiger partial charge in [0.25, 0.3) is 5.56 Å². The Morgan fingerprint density at radius 1 is 1.09 bits per heavy atom. The Bertz CT molecular complexity index is 2020. The lowest BCUT2D eigenvalue weighted by atomic mass is 9.43. The van der Waals surface area contributed by atoms with Crippen LogP contribution in [-0.4, -0.2) is 60.2 Å². The molecule has 0 spiro atoms. The molecular weight excluding hydrogens is 712 g/mol. The third kappa shape index (κ3) is 7.02. The number of fused-ring (bicyclic) bond motifs is 1. The van der Waals surface area contributed by atoms with Gasteiger partial charge in [0.05, 0.1) is 29.4 Å². The van der Waals surface area contributed by atoms with E-state index in [1.165, 1.54) is 22.9 Å². The number of carbonyl (C=O) groups is 2. The summed E-state index contributed by atoms with van der Waals surface area (Å²) in [5.74, 6) is -0.0943. The number of hydrogen-bond acceptors (Lipinski definition) is 8. The number of nitrogens with zero attached hydrogens (tertiary/aromatic N) is 3. The monoisotopic (exact) mass is 762 g/mol. The van der Waals surface area contributed by atoms with E-state index in [1.807, 2.05) is 45.0 Å². The van der Waals surface area contributed by atoms with Gasteiger partial charge >= 0.3 is 13.3 Å². The van der Waals surface area contributed by atoms with Crippen molar-refractivity contribution in [3.05, 3.63) is 82.0 Å². The minimum absolute atomic E-state index is 0.0155. The molecule has 294 valence electrons. The first-order valence-corrected chi connectivity index (χ1v) is 19.1. The number of hydrogen-bond donors (Lipinski definition) is 3. The Morgan fingerprint density at radius 3 is 2.47 bits per heavy atom. The van der Waals surface area contributed by atoms with Gasteiger partial charge in [-0.1, -0.05) is 39.8 Å². The van der Waals surface area contributed by atoms with Crippen LogP contribution in [0.5, 0.6) is 0 Å². The van der Waals surface area contributed by atoms with Gasteiger partial charge in [-0.3, -0.25) is 19.0 Å². The highest BCUT2D eigenvalue weighted by Gasteiger charge is 2.68. The Kier molecular flexibility index (Phi) is 9.89. The number of alkyl halides is 3. The summed E-state index contributed by atoms with van der Waals surface area (Å²) in [5, 5.41) is 9.00. The van der Waals surface area contributed by atoms with Crippen LogP contribution in [0.2, 0.25) is 0 Å². The summed E-state index contributed by atoms with van der Waals surface area (Å²) < 4.78 is 54.7. The van der Waals surface area contributed by atoms with Crippen LogP contribution in [0.25, 0.3) is 0 Å². The smallest absolute Gasteiger partial charge is 0.404 e. The quantitative estimate of drug-likeness (QED) is 0.194. The topological polar surface area (TPSA) is 127 Å². The van der Waals surface area contributed by atoms with Crippen molar-refractivity contribution in [3.63, 3.8) is 0 Å². The Morgan fingerprint density at radius 2 is 1.82 bits per heavy atom. The Balaban J connectivity index is 1.14. The fraction of sp³-hybridized carbons (Fsp3) is 0.550. The molecule has 3 aliphatic carbocycles. The Hall–Kier alpha value is -4.37. The van der Waals surface area contributed by atoms with E-state index >= 15 is 0 Å². The number of carbonyl (C=O) groups excluding carboxylic acids is 2. The number of anilines is 3. The molecule has 3 aromatic rings. The second-order valence-corrected chi connectivity index (χ2v) is 17.0. The molecule has 0 radical (unpaired) electrons. The molecule has 3 N–H and O–H groups in total. The molecule has 0 unspecified atom stereocenters. The van der Waals surface area contributed by atoms with Crippen molar-refractivity contribution >= 4 is 36.0 Å². The van der Waals surface area contributed by atoms with Crippen LogP contribution in [0.1, 0.15) is 89.7 Å². The predicted molar refractivity (Wildman–Crippen MR) is 205 cm³/mol. The average molecular weight is 763 g/mol. The molecule has 3 heterocycles. The zero-order valence-electron chi connectivity index (χ0n) is 32.4. The van der Waals surface area contributed by atoms with Gasteiger partial charge in [0, 0.05) is 43.9 Å². The second kappa shape index (κ2) is 14.0. The van der Waals surface area contributed by atoms with Crippen molar-refractivity contribution in [1.82, 2.24) is 14.9 Å². The van der Waals surface area contributed by atoms with Gasteiger partial charge < -0.3 is 30.2 Å². The summed E-state index contributed by atoms with van der Waals surface area (Å²) in [6.07, 6.45) is -0.746. The molecule has 2 bridgehead atoms. The summed E-state index contributed by atoms with van der Waals surface area (Å²) >= 11 is 0. The van der Waals surface area contributed by atoms with E-state index < -0.39 is 53.3 Å². The number of benzene rings is 2. The maximum absolute atomic E-state index is 14.4. The highest BCUT2D eigenvalue weighted by atomic mass is 19.4. The maximum atomic E-state index is 14.4. The van der Waals surface area contributed by atoms with Crippen molar-refractivity contribution in [2.45, 2.75) is 109 Å². The van der Waals surface area contributed by atoms with Crippen LogP contribution in [-0.2, 0) is 37.0 Å². The molecule has 7 atom stereocenters. The molecule has 11 nitrogen and oxygen atoms in total. The standard InChI is InChI=1S/C40H50BF3N6O5/c1-8-32(41-54-31-18-25-17-30(37(25,2)3)39(31,5)55-41)48-34(52)29-19-38(4,20-33(51)47-26-12-14-27(15-13-26)49(6)7)36-46-22-28(35(53)50(29)36)45-21-23-10-9-11-24(16-23)40(42,43)44/h9-16,22,25,29-32,45H,8,17-21H2,1-7H3,(H,47,51)(H,48,52)/t25-,29-,30-,31+,32-,38-,39-/m0/s1. The molecule has 1 aromatic heterocycles. The SMILES string of the molecule is CC[C@H](NC(=O)[C@@H]1C[C@@](C)(CC(=O)Nc2ccc(N(C)C)cc2)c2ncc(NCc3cccc(C(F)(F)F)c3)c(=O)n21)B1O[C@@H]2C[C@@H]3C[C@@H](C3(C)C)[C@]2(C)O1. The summed E-state index contributed by atoms with van der Waals surface area (Å²) in [6, 6.07) is 11.2. The average Bonchev–Trinajstić information content (AvgIpc) is 3.64. The van der Waals surface area contributed by atoms with Gasteiger partial charge in [0.2, 0.25) is 11.8 Å². The van der Waals surface area contributed by atoms with Crippen molar-refractivity contribution in [2.24, 2.45) is 17.3 Å². The maximum Gasteiger partial charge on any atom is 0.481 e. The minimum Gasteiger partial charge on any atom is -0.404 e. The van der Waals surface area contributed by atoms with E-state index in [-0.39, 0.29) is 48.3 Å². The van der Waals surface area contributed by atoms with Crippen molar-refractivity contribution < 1.29 is 32.1 Å². The van der Waals surface area contributed by atoms with Crippen LogP contribution in [0.4, 0.5) is 30.2 Å². The molecule has 2 aliphatic heterocycles. The Labute approximate surface area is 319 Å². The van der Waals surface area contributed by atoms with Crippen LogP contribution in [0, 0.1) is 17.3 Å². The molecular formula is C40H50BF3N6O5. The number of nitrogens with one attached hydrogen (secondary N) is 3. The van der Waals surface area contributed by atoms with E-state index in [1.54, 1.807) is 12.1 Å². The normalized spacial score (nSPS) is 28.1. The van der Waals surface area contributed by atoms with Crippen molar-refractivity contribution in [2.75, 3.05) is 29.6 Å². The zero-order chi connectivity index (χ0) is 39.7. The highest BCUT2D eigenvalue weighted by Crippen LogP contribution is 2.65. The largest absolute Gasteiger partial charge is 0.481 e. The van der Waals surface area contributed by atoms with Crippen molar-refractivity contribution in [3.8, 4) is 0 Å². The fourth-order valence-electron chi connectivity index (χ4n) is 9.47. The fourth-order valence-corrected chi connectivity index (χ4v) is 9.47. The van der Waals surface area contributed by atoms with Crippen LogP contribution < -0.4 is 26.4 Å². The van der Waals surface area contributed by atoms with E-state index in [0.717, 1.165) is 30.7 Å².